The highest BCUT2D eigenvalue weighted by Crippen LogP contribution is 2.83. The molecule has 0 radical (unpaired) electrons. The number of fused-ring (bicyclic) bond motifs is 1. The first-order valence-electron chi connectivity index (χ1n) is 6.98. The predicted octanol–water partition coefficient (Wildman–Crippen LogP) is 2.93. The molecular weight excluding hydrogens is 212 g/mol. The zero-order valence-electron chi connectivity index (χ0n) is 10.3. The van der Waals surface area contributed by atoms with E-state index < -0.39 is 0 Å². The minimum Gasteiger partial charge on any atom is -0.462 e. The Labute approximate surface area is 102 Å². The second kappa shape index (κ2) is 2.96. The average molecular weight is 232 g/mol. The maximum absolute atomic E-state index is 11.3. The molecule has 17 heavy (non-hydrogen) atoms. The van der Waals surface area contributed by atoms with E-state index >= 15 is 0 Å². The Balaban J connectivity index is 1.56. The summed E-state index contributed by atoms with van der Waals surface area (Å²) in [6.45, 7) is 4.14. The molecule has 2 heteroatoms. The fraction of sp³-hybridized carbons (Fsp3) is 0.800. The van der Waals surface area contributed by atoms with Crippen molar-refractivity contribution < 1.29 is 9.53 Å². The molecule has 0 aromatic heterocycles. The Hall–Kier alpha value is -0.790. The van der Waals surface area contributed by atoms with Gasteiger partial charge in [0.2, 0.25) is 0 Å². The van der Waals surface area contributed by atoms with Crippen molar-refractivity contribution in [3.05, 3.63) is 12.7 Å². The van der Waals surface area contributed by atoms with Gasteiger partial charge in [-0.25, -0.2) is 4.79 Å². The van der Waals surface area contributed by atoms with Crippen molar-refractivity contribution in [2.45, 2.75) is 38.5 Å². The Morgan fingerprint density at radius 2 is 2.35 bits per heavy atom. The Morgan fingerprint density at radius 1 is 1.47 bits per heavy atom. The van der Waals surface area contributed by atoms with Crippen LogP contribution in [0.2, 0.25) is 0 Å². The fourth-order valence-corrected chi connectivity index (χ4v) is 5.82. The average Bonchev–Trinajstić information content (AvgIpc) is 2.60. The van der Waals surface area contributed by atoms with Crippen LogP contribution in [-0.4, -0.2) is 12.6 Å². The van der Waals surface area contributed by atoms with Gasteiger partial charge >= 0.3 is 5.97 Å². The van der Waals surface area contributed by atoms with Crippen LogP contribution >= 0.6 is 0 Å². The second-order valence-corrected chi connectivity index (χ2v) is 6.87. The summed E-state index contributed by atoms with van der Waals surface area (Å²) in [5.74, 6) is 2.68. The Kier molecular flexibility index (Phi) is 1.77. The van der Waals surface area contributed by atoms with Gasteiger partial charge in [0.05, 0.1) is 6.61 Å². The van der Waals surface area contributed by atoms with Crippen molar-refractivity contribution in [1.29, 1.82) is 0 Å². The molecule has 0 aliphatic heterocycles. The number of esters is 1. The van der Waals surface area contributed by atoms with Crippen LogP contribution < -0.4 is 0 Å². The van der Waals surface area contributed by atoms with Gasteiger partial charge in [-0.1, -0.05) is 6.58 Å². The molecule has 4 rings (SSSR count). The summed E-state index contributed by atoms with van der Waals surface area (Å²) in [6, 6.07) is 0. The summed E-state index contributed by atoms with van der Waals surface area (Å²) >= 11 is 0. The van der Waals surface area contributed by atoms with E-state index in [4.69, 9.17) is 4.74 Å². The number of carbonyl (C=O) groups excluding carboxylic acids is 1. The summed E-state index contributed by atoms with van der Waals surface area (Å²) < 4.78 is 5.39. The van der Waals surface area contributed by atoms with Gasteiger partial charge in [0.1, 0.15) is 0 Å². The first-order valence-corrected chi connectivity index (χ1v) is 6.98. The molecule has 5 unspecified atom stereocenters. The van der Waals surface area contributed by atoms with E-state index in [9.17, 15) is 4.79 Å². The molecule has 0 heterocycles. The van der Waals surface area contributed by atoms with E-state index in [0.717, 1.165) is 17.8 Å². The molecule has 2 bridgehead atoms. The van der Waals surface area contributed by atoms with Gasteiger partial charge in [0.15, 0.2) is 0 Å². The molecule has 5 atom stereocenters. The third-order valence-electron chi connectivity index (χ3n) is 6.39. The quantitative estimate of drug-likeness (QED) is 0.552. The number of rotatable bonds is 3. The summed E-state index contributed by atoms with van der Waals surface area (Å²) in [4.78, 5) is 11.3. The highest BCUT2D eigenvalue weighted by molar-refractivity contribution is 5.81. The molecule has 0 aromatic carbocycles. The van der Waals surface area contributed by atoms with Gasteiger partial charge in [0.25, 0.3) is 0 Å². The summed E-state index contributed by atoms with van der Waals surface area (Å²) in [5.41, 5.74) is 0.969. The molecule has 0 amide bonds. The van der Waals surface area contributed by atoms with Crippen LogP contribution in [0.25, 0.3) is 0 Å². The van der Waals surface area contributed by atoms with E-state index in [-0.39, 0.29) is 5.97 Å². The molecule has 4 saturated carbocycles. The van der Waals surface area contributed by atoms with Gasteiger partial charge < -0.3 is 4.74 Å². The number of carbonyl (C=O) groups is 1. The predicted molar refractivity (Wildman–Crippen MR) is 64.2 cm³/mol. The minimum atomic E-state index is -0.242. The van der Waals surface area contributed by atoms with E-state index in [2.05, 4.69) is 6.58 Å². The molecule has 1 spiro atoms. The summed E-state index contributed by atoms with van der Waals surface area (Å²) in [7, 11) is 0. The highest BCUT2D eigenvalue weighted by atomic mass is 16.5. The van der Waals surface area contributed by atoms with Gasteiger partial charge in [-0.2, -0.15) is 0 Å². The summed E-state index contributed by atoms with van der Waals surface area (Å²) in [5, 5.41) is 0. The lowest BCUT2D eigenvalue weighted by atomic mass is 9.73. The number of ether oxygens (including phenoxy) is 1. The zero-order chi connectivity index (χ0) is 11.7. The van der Waals surface area contributed by atoms with Crippen molar-refractivity contribution in [3.8, 4) is 0 Å². The third-order valence-corrected chi connectivity index (χ3v) is 6.39. The summed E-state index contributed by atoms with van der Waals surface area (Å²) in [6.07, 6.45) is 9.73. The molecule has 0 N–H and O–H groups in total. The highest BCUT2D eigenvalue weighted by Gasteiger charge is 2.77. The standard InChI is InChI=1S/C15H20O2/c1-2-13(16)17-9-14-7-10-5-11-3-4-15(14,8-14)12(11)6-10/h2,10-12H,1,3-9H2. The van der Waals surface area contributed by atoms with Gasteiger partial charge in [-0.3, -0.25) is 0 Å². The van der Waals surface area contributed by atoms with E-state index in [1.807, 2.05) is 0 Å². The van der Waals surface area contributed by atoms with Crippen LogP contribution in [0, 0.1) is 28.6 Å². The first-order chi connectivity index (χ1) is 8.19. The maximum Gasteiger partial charge on any atom is 0.330 e. The zero-order valence-corrected chi connectivity index (χ0v) is 10.3. The molecule has 92 valence electrons. The Morgan fingerprint density at radius 3 is 3.18 bits per heavy atom. The Bertz CT molecular complexity index is 402. The van der Waals surface area contributed by atoms with Crippen LogP contribution in [0.15, 0.2) is 12.7 Å². The van der Waals surface area contributed by atoms with Crippen molar-refractivity contribution >= 4 is 5.97 Å². The maximum atomic E-state index is 11.3. The van der Waals surface area contributed by atoms with Crippen LogP contribution in [0.4, 0.5) is 0 Å². The monoisotopic (exact) mass is 232 g/mol. The van der Waals surface area contributed by atoms with Crippen LogP contribution in [0.5, 0.6) is 0 Å². The van der Waals surface area contributed by atoms with Crippen molar-refractivity contribution in [2.24, 2.45) is 28.6 Å². The SMILES string of the molecule is C=CC(=O)OCC12CC3CC4CCC1(C2)C4C3. The largest absolute Gasteiger partial charge is 0.462 e. The van der Waals surface area contributed by atoms with Crippen LogP contribution in [-0.2, 0) is 9.53 Å². The van der Waals surface area contributed by atoms with E-state index in [0.29, 0.717) is 17.4 Å². The third kappa shape index (κ3) is 1.10. The molecular formula is C15H20O2. The molecule has 4 fully saturated rings. The molecule has 2 nitrogen and oxygen atoms in total. The topological polar surface area (TPSA) is 26.3 Å². The lowest BCUT2D eigenvalue weighted by molar-refractivity contribution is -0.140. The first kappa shape index (κ1) is 10.2. The van der Waals surface area contributed by atoms with Crippen molar-refractivity contribution in [1.82, 2.24) is 0 Å². The van der Waals surface area contributed by atoms with Crippen molar-refractivity contribution in [3.63, 3.8) is 0 Å². The van der Waals surface area contributed by atoms with Crippen molar-refractivity contribution in [2.75, 3.05) is 6.61 Å². The molecule has 4 aliphatic carbocycles. The minimum absolute atomic E-state index is 0.242. The van der Waals surface area contributed by atoms with Crippen LogP contribution in [0.3, 0.4) is 0 Å². The molecule has 0 saturated heterocycles. The van der Waals surface area contributed by atoms with E-state index in [1.165, 1.54) is 44.6 Å². The number of hydrogen-bond acceptors (Lipinski definition) is 2. The van der Waals surface area contributed by atoms with Gasteiger partial charge in [-0.05, 0) is 61.7 Å². The smallest absolute Gasteiger partial charge is 0.330 e. The second-order valence-electron chi connectivity index (χ2n) is 6.87. The lowest BCUT2D eigenvalue weighted by Crippen LogP contribution is -2.30. The normalized spacial score (nSPS) is 53.1. The van der Waals surface area contributed by atoms with Crippen LogP contribution in [0.1, 0.15) is 38.5 Å². The molecule has 0 aromatic rings. The number of hydrogen-bond donors (Lipinski definition) is 0. The van der Waals surface area contributed by atoms with Gasteiger partial charge in [0, 0.05) is 11.5 Å². The van der Waals surface area contributed by atoms with Gasteiger partial charge in [-0.15, -0.1) is 0 Å². The van der Waals surface area contributed by atoms with E-state index in [1.54, 1.807) is 0 Å². The fourth-order valence-electron chi connectivity index (χ4n) is 5.82. The molecule has 4 aliphatic rings. The lowest BCUT2D eigenvalue weighted by Gasteiger charge is -2.33.